The van der Waals surface area contributed by atoms with E-state index >= 15 is 0 Å². The Balaban J connectivity index is 1.53. The highest BCUT2D eigenvalue weighted by atomic mass is 35.5. The molecule has 0 aromatic heterocycles. The summed E-state index contributed by atoms with van der Waals surface area (Å²) in [5, 5.41) is 2.62. The smallest absolute Gasteiger partial charge is 0.335 e. The van der Waals surface area contributed by atoms with Crippen molar-refractivity contribution in [1.82, 2.24) is 5.32 Å². The Morgan fingerprint density at radius 2 is 1.73 bits per heavy atom. The third-order valence-corrected chi connectivity index (χ3v) is 5.60. The highest BCUT2D eigenvalue weighted by Crippen LogP contribution is 2.27. The summed E-state index contributed by atoms with van der Waals surface area (Å²) in [5.74, 6) is -0.813. The molecule has 6 nitrogen and oxygen atoms in total. The minimum Gasteiger partial charge on any atom is -0.489 e. The Kier molecular flexibility index (Phi) is 6.29. The second-order valence-corrected chi connectivity index (χ2v) is 8.15. The molecule has 1 aliphatic heterocycles. The summed E-state index contributed by atoms with van der Waals surface area (Å²) in [6, 6.07) is 19.1. The predicted molar refractivity (Wildman–Crippen MR) is 127 cm³/mol. The Bertz CT molecular complexity index is 1280. The van der Waals surface area contributed by atoms with Crippen LogP contribution in [0.1, 0.15) is 22.3 Å². The van der Waals surface area contributed by atoms with Gasteiger partial charge in [-0.1, -0.05) is 59.6 Å². The number of nitrogens with zero attached hydrogens (tertiary/aromatic N) is 1. The number of nitrogens with one attached hydrogen (secondary N) is 1. The number of aryl methyl sites for hydroxylation is 2. The minimum absolute atomic E-state index is 0.153. The monoisotopic (exact) mass is 460 g/mol. The van der Waals surface area contributed by atoms with E-state index in [1.54, 1.807) is 36.4 Å². The van der Waals surface area contributed by atoms with E-state index in [2.05, 4.69) is 11.4 Å². The maximum Gasteiger partial charge on any atom is 0.335 e. The fraction of sp³-hybridized carbons (Fsp3) is 0.115. The molecule has 0 radical (unpaired) electrons. The van der Waals surface area contributed by atoms with Crippen molar-refractivity contribution in [3.63, 3.8) is 0 Å². The van der Waals surface area contributed by atoms with Crippen LogP contribution in [-0.2, 0) is 16.2 Å². The molecule has 0 aliphatic carbocycles. The zero-order valence-electron chi connectivity index (χ0n) is 18.1. The van der Waals surface area contributed by atoms with Crippen molar-refractivity contribution in [2.75, 3.05) is 4.90 Å². The number of carbonyl (C=O) groups is 3. The molecular formula is C26H21ClN2O4. The number of amides is 4. The lowest BCUT2D eigenvalue weighted by atomic mass is 10.1. The molecule has 0 atom stereocenters. The van der Waals surface area contributed by atoms with Crippen molar-refractivity contribution in [2.24, 2.45) is 0 Å². The van der Waals surface area contributed by atoms with Crippen LogP contribution in [0.25, 0.3) is 6.08 Å². The summed E-state index contributed by atoms with van der Waals surface area (Å²) < 4.78 is 5.81. The third kappa shape index (κ3) is 4.96. The lowest BCUT2D eigenvalue weighted by Gasteiger charge is -2.26. The van der Waals surface area contributed by atoms with Crippen molar-refractivity contribution in [3.8, 4) is 5.75 Å². The maximum absolute atomic E-state index is 13.0. The number of halogens is 1. The number of hydrogen-bond acceptors (Lipinski definition) is 4. The highest BCUT2D eigenvalue weighted by Gasteiger charge is 2.36. The van der Waals surface area contributed by atoms with Crippen molar-refractivity contribution >= 4 is 41.2 Å². The molecule has 3 aromatic carbocycles. The summed E-state index contributed by atoms with van der Waals surface area (Å²) in [4.78, 5) is 38.6. The molecule has 0 spiro atoms. The van der Waals surface area contributed by atoms with Crippen LogP contribution in [0, 0.1) is 13.8 Å². The van der Waals surface area contributed by atoms with Gasteiger partial charge in [0.2, 0.25) is 0 Å². The molecule has 1 N–H and O–H groups in total. The first-order chi connectivity index (χ1) is 15.8. The van der Waals surface area contributed by atoms with Gasteiger partial charge in [-0.15, -0.1) is 0 Å². The average molecular weight is 461 g/mol. The fourth-order valence-electron chi connectivity index (χ4n) is 3.41. The van der Waals surface area contributed by atoms with E-state index in [0.717, 1.165) is 21.6 Å². The maximum atomic E-state index is 13.0. The number of anilines is 1. The van der Waals surface area contributed by atoms with Gasteiger partial charge in [-0.2, -0.15) is 0 Å². The minimum atomic E-state index is -0.818. The molecule has 1 fully saturated rings. The van der Waals surface area contributed by atoms with Crippen LogP contribution in [0.2, 0.25) is 5.02 Å². The van der Waals surface area contributed by atoms with Crippen LogP contribution in [-0.4, -0.2) is 17.8 Å². The first-order valence-corrected chi connectivity index (χ1v) is 10.7. The number of imide groups is 2. The van der Waals surface area contributed by atoms with Crippen LogP contribution in [0.15, 0.2) is 72.3 Å². The molecule has 1 heterocycles. The number of ether oxygens (including phenoxy) is 1. The second-order valence-electron chi connectivity index (χ2n) is 7.74. The molecule has 0 unspecified atom stereocenters. The van der Waals surface area contributed by atoms with Gasteiger partial charge in [0.1, 0.15) is 17.9 Å². The van der Waals surface area contributed by atoms with E-state index in [1.165, 1.54) is 12.1 Å². The first-order valence-electron chi connectivity index (χ1n) is 10.3. The van der Waals surface area contributed by atoms with Gasteiger partial charge >= 0.3 is 6.03 Å². The van der Waals surface area contributed by atoms with Crippen LogP contribution >= 0.6 is 11.6 Å². The number of rotatable bonds is 5. The molecule has 0 bridgehead atoms. The predicted octanol–water partition coefficient (Wildman–Crippen LogP) is 5.20. The first kappa shape index (κ1) is 22.3. The lowest BCUT2D eigenvalue weighted by molar-refractivity contribution is -0.122. The van der Waals surface area contributed by atoms with E-state index in [1.807, 2.05) is 32.0 Å². The van der Waals surface area contributed by atoms with E-state index in [-0.39, 0.29) is 11.3 Å². The van der Waals surface area contributed by atoms with Gasteiger partial charge in [-0.25, -0.2) is 9.69 Å². The van der Waals surface area contributed by atoms with Gasteiger partial charge in [0.25, 0.3) is 11.8 Å². The highest BCUT2D eigenvalue weighted by molar-refractivity contribution is 6.39. The summed E-state index contributed by atoms with van der Waals surface area (Å²) in [7, 11) is 0. The van der Waals surface area contributed by atoms with Crippen molar-refractivity contribution in [1.29, 1.82) is 0 Å². The van der Waals surface area contributed by atoms with E-state index in [9.17, 15) is 14.4 Å². The Morgan fingerprint density at radius 3 is 2.42 bits per heavy atom. The number of hydrogen-bond donors (Lipinski definition) is 1. The standard InChI is InChI=1S/C26H21ClN2O4/c1-16-4-3-5-19(12-16)15-33-21-10-7-18(8-11-21)13-22-24(30)28-26(32)29(25(22)31)20-9-6-17(2)23(27)14-20/h3-14H,15H2,1-2H3,(H,28,30,32)/b22-13-. The van der Waals surface area contributed by atoms with Crippen LogP contribution in [0.4, 0.5) is 10.5 Å². The van der Waals surface area contributed by atoms with Gasteiger partial charge in [-0.05, 0) is 60.9 Å². The molecule has 1 aliphatic rings. The van der Waals surface area contributed by atoms with E-state index in [4.69, 9.17) is 16.3 Å². The molecule has 7 heteroatoms. The Morgan fingerprint density at radius 1 is 0.970 bits per heavy atom. The second kappa shape index (κ2) is 9.30. The van der Waals surface area contributed by atoms with Gasteiger partial charge < -0.3 is 4.74 Å². The number of carbonyl (C=O) groups excluding carboxylic acids is 3. The Labute approximate surface area is 196 Å². The van der Waals surface area contributed by atoms with Crippen LogP contribution in [0.3, 0.4) is 0 Å². The van der Waals surface area contributed by atoms with Gasteiger partial charge in [0.05, 0.1) is 5.69 Å². The summed E-state index contributed by atoms with van der Waals surface area (Å²) in [6.45, 7) is 4.27. The number of urea groups is 1. The summed E-state index contributed by atoms with van der Waals surface area (Å²) >= 11 is 6.15. The molecule has 1 saturated heterocycles. The molecular weight excluding hydrogens is 440 g/mol. The van der Waals surface area contributed by atoms with Crippen LogP contribution < -0.4 is 15.0 Å². The largest absolute Gasteiger partial charge is 0.489 e. The molecule has 0 saturated carbocycles. The molecule has 166 valence electrons. The van der Waals surface area contributed by atoms with Crippen LogP contribution in [0.5, 0.6) is 5.75 Å². The summed E-state index contributed by atoms with van der Waals surface area (Å²) in [6.07, 6.45) is 1.44. The summed E-state index contributed by atoms with van der Waals surface area (Å²) in [5.41, 5.74) is 3.78. The van der Waals surface area contributed by atoms with Gasteiger partial charge in [-0.3, -0.25) is 14.9 Å². The fourth-order valence-corrected chi connectivity index (χ4v) is 3.58. The molecule has 4 amide bonds. The van der Waals surface area contributed by atoms with Gasteiger partial charge in [0, 0.05) is 5.02 Å². The number of benzene rings is 3. The lowest BCUT2D eigenvalue weighted by Crippen LogP contribution is -2.54. The average Bonchev–Trinajstić information content (AvgIpc) is 2.78. The molecule has 4 rings (SSSR count). The van der Waals surface area contributed by atoms with Crippen molar-refractivity contribution in [2.45, 2.75) is 20.5 Å². The zero-order valence-corrected chi connectivity index (χ0v) is 18.8. The topological polar surface area (TPSA) is 75.7 Å². The zero-order chi connectivity index (χ0) is 23.5. The quantitative estimate of drug-likeness (QED) is 0.419. The molecule has 3 aromatic rings. The van der Waals surface area contributed by atoms with E-state index < -0.39 is 17.8 Å². The van der Waals surface area contributed by atoms with E-state index in [0.29, 0.717) is 22.9 Å². The third-order valence-electron chi connectivity index (χ3n) is 5.19. The molecule has 33 heavy (non-hydrogen) atoms. The number of barbiturate groups is 1. The SMILES string of the molecule is Cc1cccc(COc2ccc(/C=C3/C(=O)NC(=O)N(c4ccc(C)c(Cl)c4)C3=O)cc2)c1. The Hall–Kier alpha value is -3.90. The normalized spacial score (nSPS) is 15.1. The van der Waals surface area contributed by atoms with Gasteiger partial charge in [0.15, 0.2) is 0 Å². The van der Waals surface area contributed by atoms with Crippen molar-refractivity contribution < 1.29 is 19.1 Å². The van der Waals surface area contributed by atoms with Crippen molar-refractivity contribution in [3.05, 3.63) is 99.6 Å².